The average Bonchev–Trinajstić information content (AvgIpc) is 3.71. The molecule has 0 atom stereocenters. The normalized spacial score (nSPS) is 14.1. The Hall–Kier alpha value is -5.74. The van der Waals surface area contributed by atoms with E-state index in [0.717, 1.165) is 49.2 Å². The van der Waals surface area contributed by atoms with Gasteiger partial charge in [-0.1, -0.05) is 12.1 Å². The van der Waals surface area contributed by atoms with Gasteiger partial charge in [-0.05, 0) is 60.9 Å². The second kappa shape index (κ2) is 11.3. The molecule has 1 fully saturated rings. The lowest BCUT2D eigenvalue weighted by atomic mass is 10.0. The van der Waals surface area contributed by atoms with E-state index in [1.54, 1.807) is 24.7 Å². The Bertz CT molecular complexity index is 1910. The van der Waals surface area contributed by atoms with Crippen LogP contribution in [0, 0.1) is 11.3 Å². The minimum atomic E-state index is 0.178. The van der Waals surface area contributed by atoms with E-state index in [0.29, 0.717) is 40.5 Å². The van der Waals surface area contributed by atoms with Gasteiger partial charge in [0.1, 0.15) is 28.9 Å². The minimum Gasteiger partial charge on any atom is -0.383 e. The number of nitriles is 1. The molecule has 6 aromatic rings. The van der Waals surface area contributed by atoms with Crippen molar-refractivity contribution in [2.24, 2.45) is 0 Å². The van der Waals surface area contributed by atoms with E-state index in [4.69, 9.17) is 21.0 Å². The minimum absolute atomic E-state index is 0.178. The fourth-order valence-electron chi connectivity index (χ4n) is 5.40. The fraction of sp³-hybridized carbons (Fsp3) is 0.200. The van der Waals surface area contributed by atoms with E-state index in [2.05, 4.69) is 64.8 Å². The Kier molecular flexibility index (Phi) is 6.86. The van der Waals surface area contributed by atoms with Gasteiger partial charge in [-0.15, -0.1) is 0 Å². The molecule has 0 unspecified atom stereocenters. The predicted molar refractivity (Wildman–Crippen MR) is 161 cm³/mol. The molecule has 6 heterocycles. The lowest BCUT2D eigenvalue weighted by molar-refractivity contribution is 0.211. The largest absolute Gasteiger partial charge is 0.383 e. The number of pyridine rings is 2. The molecule has 0 amide bonds. The van der Waals surface area contributed by atoms with Crippen LogP contribution in [-0.4, -0.2) is 68.9 Å². The van der Waals surface area contributed by atoms with Crippen LogP contribution in [0.5, 0.6) is 0 Å². The van der Waals surface area contributed by atoms with E-state index in [1.807, 2.05) is 34.9 Å². The number of nitrogens with zero attached hydrogens (tertiary/aromatic N) is 10. The summed E-state index contributed by atoms with van der Waals surface area (Å²) in [6, 6.07) is 20.1. The maximum absolute atomic E-state index is 9.05. The zero-order valence-corrected chi connectivity index (χ0v) is 23.1. The lowest BCUT2D eigenvalue weighted by Crippen LogP contribution is -2.38. The molecule has 0 bridgehead atoms. The van der Waals surface area contributed by atoms with Crippen molar-refractivity contribution >= 4 is 22.8 Å². The summed E-state index contributed by atoms with van der Waals surface area (Å²) in [4.78, 5) is 24.7. The first kappa shape index (κ1) is 26.2. The molecule has 0 saturated carbocycles. The third-order valence-electron chi connectivity index (χ3n) is 7.56. The van der Waals surface area contributed by atoms with Crippen LogP contribution in [0.15, 0.2) is 73.2 Å². The van der Waals surface area contributed by atoms with Crippen molar-refractivity contribution in [3.63, 3.8) is 0 Å². The molecule has 1 aliphatic heterocycles. The lowest BCUT2D eigenvalue weighted by Gasteiger charge is -2.32. The standard InChI is InChI=1S/C30H27N13/c31-16-27-33-13-9-26(39-27)36-20-10-14-42(15-11-20)18-19-3-5-21(6-4-19)43-29(22-2-1-12-34-28(22)32)38-24-8-7-23(37-30(24)43)25-17-35-41-40-25/h1-9,12-13,17,20H,10-11,14-15,18H2,(H2,32,34)(H,33,36,39)(H,35,40,41). The second-order valence-electron chi connectivity index (χ2n) is 10.3. The molecule has 4 N–H and O–H groups in total. The first-order chi connectivity index (χ1) is 21.1. The number of anilines is 2. The molecule has 212 valence electrons. The van der Waals surface area contributed by atoms with Crippen molar-refractivity contribution in [3.8, 4) is 34.5 Å². The molecule has 5 aromatic heterocycles. The van der Waals surface area contributed by atoms with Crippen molar-refractivity contribution < 1.29 is 0 Å². The van der Waals surface area contributed by atoms with Crippen LogP contribution in [0.4, 0.5) is 11.6 Å². The van der Waals surface area contributed by atoms with E-state index in [-0.39, 0.29) is 5.82 Å². The summed E-state index contributed by atoms with van der Waals surface area (Å²) in [6.45, 7) is 2.77. The van der Waals surface area contributed by atoms with Gasteiger partial charge in [0.2, 0.25) is 5.82 Å². The summed E-state index contributed by atoms with van der Waals surface area (Å²) < 4.78 is 2.01. The Morgan fingerprint density at radius 2 is 1.81 bits per heavy atom. The number of imidazole rings is 1. The van der Waals surface area contributed by atoms with Gasteiger partial charge in [-0.2, -0.15) is 20.7 Å². The zero-order valence-electron chi connectivity index (χ0n) is 23.1. The highest BCUT2D eigenvalue weighted by Crippen LogP contribution is 2.31. The van der Waals surface area contributed by atoms with Gasteiger partial charge < -0.3 is 11.1 Å². The third-order valence-corrected chi connectivity index (χ3v) is 7.56. The monoisotopic (exact) mass is 569 g/mol. The highest BCUT2D eigenvalue weighted by atomic mass is 15.3. The Morgan fingerprint density at radius 1 is 0.953 bits per heavy atom. The maximum atomic E-state index is 9.05. The van der Waals surface area contributed by atoms with E-state index < -0.39 is 0 Å². The molecule has 13 nitrogen and oxygen atoms in total. The Labute approximate surface area is 246 Å². The molecule has 0 aliphatic carbocycles. The summed E-state index contributed by atoms with van der Waals surface area (Å²) in [5.74, 6) is 1.94. The molecule has 7 rings (SSSR count). The smallest absolute Gasteiger partial charge is 0.234 e. The predicted octanol–water partition coefficient (Wildman–Crippen LogP) is 3.59. The average molecular weight is 570 g/mol. The van der Waals surface area contributed by atoms with Crippen molar-refractivity contribution in [1.82, 2.24) is 49.8 Å². The number of H-pyrrole nitrogens is 1. The number of piperidine rings is 1. The van der Waals surface area contributed by atoms with Crippen LogP contribution < -0.4 is 11.1 Å². The van der Waals surface area contributed by atoms with Gasteiger partial charge in [-0.3, -0.25) is 9.47 Å². The summed E-state index contributed by atoms with van der Waals surface area (Å²) in [5, 5.41) is 23.3. The van der Waals surface area contributed by atoms with Crippen molar-refractivity contribution in [1.29, 1.82) is 5.26 Å². The molecule has 43 heavy (non-hydrogen) atoms. The summed E-state index contributed by atoms with van der Waals surface area (Å²) in [6.07, 6.45) is 6.89. The SMILES string of the molecule is N#Cc1nccc(NC2CCN(Cc3ccc(-n4c(-c5cccnc5N)nc5ccc(-c6cn[nH]n6)nc54)cc3)CC2)n1. The van der Waals surface area contributed by atoms with Gasteiger partial charge in [0.25, 0.3) is 0 Å². The van der Waals surface area contributed by atoms with Crippen LogP contribution in [0.2, 0.25) is 0 Å². The number of nitrogens with two attached hydrogens (primary N) is 1. The molecule has 1 aromatic carbocycles. The van der Waals surface area contributed by atoms with Crippen LogP contribution in [0.25, 0.3) is 39.6 Å². The van der Waals surface area contributed by atoms with Gasteiger partial charge in [0.15, 0.2) is 11.5 Å². The molecule has 1 saturated heterocycles. The summed E-state index contributed by atoms with van der Waals surface area (Å²) >= 11 is 0. The van der Waals surface area contributed by atoms with E-state index in [1.165, 1.54) is 5.56 Å². The Balaban J connectivity index is 1.12. The fourth-order valence-corrected chi connectivity index (χ4v) is 5.40. The van der Waals surface area contributed by atoms with Crippen molar-refractivity contribution in [3.05, 3.63) is 84.6 Å². The van der Waals surface area contributed by atoms with Gasteiger partial charge in [0, 0.05) is 43.8 Å². The number of nitrogen functional groups attached to an aromatic ring is 1. The first-order valence-corrected chi connectivity index (χ1v) is 13.9. The second-order valence-corrected chi connectivity index (χ2v) is 10.3. The number of aromatic nitrogens is 9. The van der Waals surface area contributed by atoms with Crippen molar-refractivity contribution in [2.45, 2.75) is 25.4 Å². The topological polar surface area (TPSA) is 176 Å². The third kappa shape index (κ3) is 5.34. The molecule has 1 aliphatic rings. The highest BCUT2D eigenvalue weighted by Gasteiger charge is 2.21. The number of likely N-dealkylation sites (tertiary alicyclic amines) is 1. The molecular weight excluding hydrogens is 542 g/mol. The summed E-state index contributed by atoms with van der Waals surface area (Å²) in [5.41, 5.74) is 11.9. The van der Waals surface area contributed by atoms with Crippen molar-refractivity contribution in [2.75, 3.05) is 24.1 Å². The maximum Gasteiger partial charge on any atom is 0.234 e. The molecule has 13 heteroatoms. The highest BCUT2D eigenvalue weighted by molar-refractivity contribution is 5.84. The van der Waals surface area contributed by atoms with Crippen LogP contribution in [0.1, 0.15) is 24.2 Å². The number of fused-ring (bicyclic) bond motifs is 1. The van der Waals surface area contributed by atoms with Gasteiger partial charge in [0.05, 0.1) is 17.5 Å². The van der Waals surface area contributed by atoms with Crippen LogP contribution in [0.3, 0.4) is 0 Å². The molecule has 0 radical (unpaired) electrons. The van der Waals surface area contributed by atoms with E-state index in [9.17, 15) is 0 Å². The Morgan fingerprint density at radius 3 is 2.58 bits per heavy atom. The number of hydrogen-bond donors (Lipinski definition) is 3. The number of aromatic amines is 1. The number of benzene rings is 1. The molecular formula is C30H27N13. The first-order valence-electron chi connectivity index (χ1n) is 13.9. The van der Waals surface area contributed by atoms with Crippen LogP contribution >= 0.6 is 0 Å². The van der Waals surface area contributed by atoms with Gasteiger partial charge in [-0.25, -0.2) is 24.9 Å². The molecule has 0 spiro atoms. The summed E-state index contributed by atoms with van der Waals surface area (Å²) in [7, 11) is 0. The zero-order chi connectivity index (χ0) is 29.2. The quantitative estimate of drug-likeness (QED) is 0.256. The number of nitrogens with one attached hydrogen (secondary N) is 2. The number of rotatable bonds is 7. The number of hydrogen-bond acceptors (Lipinski definition) is 11. The van der Waals surface area contributed by atoms with Crippen LogP contribution in [-0.2, 0) is 6.54 Å². The van der Waals surface area contributed by atoms with E-state index >= 15 is 0 Å². The van der Waals surface area contributed by atoms with Gasteiger partial charge >= 0.3 is 0 Å².